The number of benzene rings is 2. The van der Waals surface area contributed by atoms with E-state index in [1.54, 1.807) is 0 Å². The van der Waals surface area contributed by atoms with Gasteiger partial charge >= 0.3 is 0 Å². The number of hydrogen-bond acceptors (Lipinski definition) is 6. The molecule has 2 atom stereocenters. The SMILES string of the molecule is Cc1cc(C(=O)N2CCN3[C@@H](COC[C@@H]3c3ccccc3)C2)cc2sc(N)nc12. The van der Waals surface area contributed by atoms with Gasteiger partial charge in [-0.25, -0.2) is 4.98 Å². The predicted octanol–water partition coefficient (Wildman–Crippen LogP) is 3.08. The van der Waals surface area contributed by atoms with Crippen LogP contribution in [0.3, 0.4) is 0 Å². The van der Waals surface area contributed by atoms with Gasteiger partial charge < -0.3 is 15.4 Å². The van der Waals surface area contributed by atoms with E-state index in [0.717, 1.165) is 28.9 Å². The zero-order chi connectivity index (χ0) is 20.0. The van der Waals surface area contributed by atoms with Crippen LogP contribution < -0.4 is 5.73 Å². The van der Waals surface area contributed by atoms with E-state index in [9.17, 15) is 4.79 Å². The maximum atomic E-state index is 13.2. The number of hydrogen-bond donors (Lipinski definition) is 1. The number of carbonyl (C=O) groups is 1. The number of morpholine rings is 1. The Hall–Kier alpha value is -2.48. The highest BCUT2D eigenvalue weighted by Crippen LogP contribution is 2.31. The van der Waals surface area contributed by atoms with Gasteiger partial charge in [-0.05, 0) is 30.2 Å². The number of thiazole rings is 1. The third-order valence-electron chi connectivity index (χ3n) is 5.94. The molecule has 150 valence electrons. The van der Waals surface area contributed by atoms with E-state index in [1.165, 1.54) is 16.9 Å². The number of nitrogens with zero attached hydrogens (tertiary/aromatic N) is 3. The molecule has 2 saturated heterocycles. The number of aryl methyl sites for hydroxylation is 1. The lowest BCUT2D eigenvalue weighted by Crippen LogP contribution is -2.60. The second-order valence-electron chi connectivity index (χ2n) is 7.80. The summed E-state index contributed by atoms with van der Waals surface area (Å²) in [6, 6.07) is 14.8. The van der Waals surface area contributed by atoms with Crippen molar-refractivity contribution in [3.8, 4) is 0 Å². The summed E-state index contributed by atoms with van der Waals surface area (Å²) >= 11 is 1.43. The fourth-order valence-corrected chi connectivity index (χ4v) is 5.36. The lowest BCUT2D eigenvalue weighted by molar-refractivity contribution is -0.0770. The van der Waals surface area contributed by atoms with Gasteiger partial charge in [0.1, 0.15) is 0 Å². The highest BCUT2D eigenvalue weighted by atomic mass is 32.1. The quantitative estimate of drug-likeness (QED) is 0.706. The monoisotopic (exact) mass is 408 g/mol. The average molecular weight is 409 g/mol. The highest BCUT2D eigenvalue weighted by molar-refractivity contribution is 7.22. The Kier molecular flexibility index (Phi) is 4.73. The molecule has 0 bridgehead atoms. The van der Waals surface area contributed by atoms with Crippen molar-refractivity contribution in [3.05, 3.63) is 59.2 Å². The number of aromatic nitrogens is 1. The number of piperazine rings is 1. The van der Waals surface area contributed by atoms with Crippen molar-refractivity contribution < 1.29 is 9.53 Å². The Bertz CT molecular complexity index is 1050. The molecule has 2 aromatic carbocycles. The summed E-state index contributed by atoms with van der Waals surface area (Å²) in [5.41, 5.74) is 9.72. The first-order chi connectivity index (χ1) is 14.1. The minimum Gasteiger partial charge on any atom is -0.378 e. The average Bonchev–Trinajstić information content (AvgIpc) is 3.14. The molecule has 2 N–H and O–H groups in total. The number of nitrogens with two attached hydrogens (primary N) is 1. The molecular weight excluding hydrogens is 384 g/mol. The standard InChI is InChI=1S/C22H24N4O2S/c1-14-9-16(10-19-20(14)24-22(23)29-19)21(27)25-7-8-26-17(11-25)12-28-13-18(26)15-5-3-2-4-6-15/h2-6,9-10,17-18H,7-8,11-13H2,1H3,(H2,23,24)/t17-,18-/m1/s1. The Balaban J connectivity index is 1.36. The lowest BCUT2D eigenvalue weighted by Gasteiger charge is -2.48. The Morgan fingerprint density at radius 3 is 2.86 bits per heavy atom. The normalized spacial score (nSPS) is 22.6. The second kappa shape index (κ2) is 7.40. The van der Waals surface area contributed by atoms with E-state index < -0.39 is 0 Å². The van der Waals surface area contributed by atoms with E-state index in [4.69, 9.17) is 10.5 Å². The molecule has 1 amide bonds. The summed E-state index contributed by atoms with van der Waals surface area (Å²) in [7, 11) is 0. The van der Waals surface area contributed by atoms with Crippen LogP contribution in [0, 0.1) is 6.92 Å². The van der Waals surface area contributed by atoms with E-state index in [1.807, 2.05) is 30.0 Å². The van der Waals surface area contributed by atoms with E-state index >= 15 is 0 Å². The van der Waals surface area contributed by atoms with Crippen molar-refractivity contribution in [2.45, 2.75) is 19.0 Å². The van der Waals surface area contributed by atoms with Crippen LogP contribution in [-0.2, 0) is 4.74 Å². The summed E-state index contributed by atoms with van der Waals surface area (Å²) < 4.78 is 6.89. The Morgan fingerprint density at radius 2 is 2.03 bits per heavy atom. The van der Waals surface area contributed by atoms with Gasteiger partial charge in [-0.3, -0.25) is 9.69 Å². The largest absolute Gasteiger partial charge is 0.378 e. The van der Waals surface area contributed by atoms with Gasteiger partial charge in [-0.1, -0.05) is 41.7 Å². The van der Waals surface area contributed by atoms with Gasteiger partial charge in [0.15, 0.2) is 5.13 Å². The maximum Gasteiger partial charge on any atom is 0.254 e. The number of anilines is 1. The van der Waals surface area contributed by atoms with Crippen molar-refractivity contribution in [2.75, 3.05) is 38.6 Å². The van der Waals surface area contributed by atoms with Gasteiger partial charge in [-0.15, -0.1) is 0 Å². The number of nitrogen functional groups attached to an aromatic ring is 1. The number of fused-ring (bicyclic) bond motifs is 2. The minimum atomic E-state index is 0.0726. The lowest BCUT2D eigenvalue weighted by atomic mass is 9.99. The fourth-order valence-electron chi connectivity index (χ4n) is 4.51. The molecule has 0 spiro atoms. The molecular formula is C22H24N4O2S. The van der Waals surface area contributed by atoms with Crippen molar-refractivity contribution >= 4 is 32.6 Å². The van der Waals surface area contributed by atoms with Gasteiger partial charge in [0.2, 0.25) is 0 Å². The number of amides is 1. The van der Waals surface area contributed by atoms with E-state index in [-0.39, 0.29) is 18.0 Å². The third-order valence-corrected chi connectivity index (χ3v) is 6.77. The molecule has 29 heavy (non-hydrogen) atoms. The molecule has 0 unspecified atom stereocenters. The van der Waals surface area contributed by atoms with Gasteiger partial charge in [-0.2, -0.15) is 0 Å². The van der Waals surface area contributed by atoms with E-state index in [0.29, 0.717) is 30.5 Å². The summed E-state index contributed by atoms with van der Waals surface area (Å²) in [6.45, 7) is 5.61. The van der Waals surface area contributed by atoms with Gasteiger partial charge in [0, 0.05) is 25.2 Å². The van der Waals surface area contributed by atoms with Crippen LogP contribution in [0.1, 0.15) is 27.5 Å². The first kappa shape index (κ1) is 18.5. The van der Waals surface area contributed by atoms with Crippen LogP contribution in [0.15, 0.2) is 42.5 Å². The van der Waals surface area contributed by atoms with Crippen molar-refractivity contribution in [1.29, 1.82) is 0 Å². The molecule has 0 saturated carbocycles. The summed E-state index contributed by atoms with van der Waals surface area (Å²) in [6.07, 6.45) is 0. The molecule has 3 aromatic rings. The zero-order valence-electron chi connectivity index (χ0n) is 16.4. The zero-order valence-corrected chi connectivity index (χ0v) is 17.2. The first-order valence-electron chi connectivity index (χ1n) is 9.94. The van der Waals surface area contributed by atoms with Crippen LogP contribution in [0.5, 0.6) is 0 Å². The van der Waals surface area contributed by atoms with Crippen LogP contribution in [0.4, 0.5) is 5.13 Å². The van der Waals surface area contributed by atoms with Crippen LogP contribution >= 0.6 is 11.3 Å². The van der Waals surface area contributed by atoms with Crippen molar-refractivity contribution in [2.24, 2.45) is 0 Å². The van der Waals surface area contributed by atoms with Gasteiger partial charge in [0.05, 0.1) is 35.5 Å². The summed E-state index contributed by atoms with van der Waals surface area (Å²) in [4.78, 5) is 22.1. The smallest absolute Gasteiger partial charge is 0.254 e. The van der Waals surface area contributed by atoms with Gasteiger partial charge in [0.25, 0.3) is 5.91 Å². The third kappa shape index (κ3) is 3.39. The minimum absolute atomic E-state index is 0.0726. The number of rotatable bonds is 2. The van der Waals surface area contributed by atoms with Crippen molar-refractivity contribution in [3.63, 3.8) is 0 Å². The van der Waals surface area contributed by atoms with E-state index in [2.05, 4.69) is 34.1 Å². The van der Waals surface area contributed by atoms with Crippen LogP contribution in [-0.4, -0.2) is 59.6 Å². The Labute approximate surface area is 173 Å². The van der Waals surface area contributed by atoms with Crippen LogP contribution in [0.2, 0.25) is 0 Å². The van der Waals surface area contributed by atoms with Crippen molar-refractivity contribution in [1.82, 2.24) is 14.8 Å². The molecule has 3 heterocycles. The molecule has 1 aromatic heterocycles. The molecule has 0 radical (unpaired) electrons. The molecule has 2 aliphatic rings. The second-order valence-corrected chi connectivity index (χ2v) is 8.86. The number of ether oxygens (including phenoxy) is 1. The summed E-state index contributed by atoms with van der Waals surface area (Å²) in [5.74, 6) is 0.0726. The summed E-state index contributed by atoms with van der Waals surface area (Å²) in [5, 5.41) is 0.535. The molecule has 6 nitrogen and oxygen atoms in total. The molecule has 2 fully saturated rings. The number of carbonyl (C=O) groups excluding carboxylic acids is 1. The predicted molar refractivity (Wildman–Crippen MR) is 115 cm³/mol. The Morgan fingerprint density at radius 1 is 1.21 bits per heavy atom. The maximum absolute atomic E-state index is 13.2. The molecule has 5 rings (SSSR count). The molecule has 2 aliphatic heterocycles. The molecule has 7 heteroatoms. The first-order valence-corrected chi connectivity index (χ1v) is 10.8. The fraction of sp³-hybridized carbons (Fsp3) is 0.364. The highest BCUT2D eigenvalue weighted by Gasteiger charge is 2.37. The molecule has 0 aliphatic carbocycles. The topological polar surface area (TPSA) is 71.7 Å². The van der Waals surface area contributed by atoms with Crippen LogP contribution in [0.25, 0.3) is 10.2 Å².